The second kappa shape index (κ2) is 16.1. The van der Waals surface area contributed by atoms with Crippen molar-refractivity contribution >= 4 is 12.2 Å². The molecule has 0 aliphatic heterocycles. The van der Waals surface area contributed by atoms with E-state index in [9.17, 15) is 19.8 Å². The van der Waals surface area contributed by atoms with Crippen molar-refractivity contribution in [2.75, 3.05) is 19.7 Å². The summed E-state index contributed by atoms with van der Waals surface area (Å²) in [7, 11) is 0. The molecular formula is C40H47N3O6. The number of carbonyl (C=O) groups is 2. The fraction of sp³-hybridized carbons (Fsp3) is 0.350. The Morgan fingerprint density at radius 3 is 1.80 bits per heavy atom. The van der Waals surface area contributed by atoms with E-state index in [1.54, 1.807) is 20.8 Å². The van der Waals surface area contributed by atoms with E-state index < -0.39 is 42.1 Å². The van der Waals surface area contributed by atoms with Crippen molar-refractivity contribution in [1.82, 2.24) is 10.2 Å². The van der Waals surface area contributed by atoms with Crippen molar-refractivity contribution in [2.45, 2.75) is 69.4 Å². The van der Waals surface area contributed by atoms with Crippen molar-refractivity contribution in [1.29, 1.82) is 0 Å². The molecule has 258 valence electrons. The molecular weight excluding hydrogens is 618 g/mol. The number of rotatable bonds is 13. The molecule has 5 N–H and O–H groups in total. The van der Waals surface area contributed by atoms with E-state index >= 15 is 0 Å². The minimum atomic E-state index is -1.24. The number of aliphatic hydroxyl groups is 2. The molecule has 1 aliphatic rings. The van der Waals surface area contributed by atoms with Gasteiger partial charge in [0.1, 0.15) is 12.2 Å². The van der Waals surface area contributed by atoms with Gasteiger partial charge in [-0.1, -0.05) is 109 Å². The smallest absolute Gasteiger partial charge is 0.409 e. The molecule has 0 radical (unpaired) electrons. The van der Waals surface area contributed by atoms with Gasteiger partial charge < -0.3 is 35.6 Å². The quantitative estimate of drug-likeness (QED) is 0.145. The second-order valence-electron chi connectivity index (χ2n) is 13.6. The van der Waals surface area contributed by atoms with E-state index in [-0.39, 0.29) is 32.0 Å². The highest BCUT2D eigenvalue weighted by Gasteiger charge is 2.33. The Balaban J connectivity index is 1.35. The monoisotopic (exact) mass is 665 g/mol. The molecule has 1 aliphatic carbocycles. The first-order valence-corrected chi connectivity index (χ1v) is 16.8. The Kier molecular flexibility index (Phi) is 11.7. The first-order chi connectivity index (χ1) is 23.5. The van der Waals surface area contributed by atoms with Gasteiger partial charge in [0.15, 0.2) is 0 Å². The summed E-state index contributed by atoms with van der Waals surface area (Å²) in [6.45, 7) is 4.91. The second-order valence-corrected chi connectivity index (χ2v) is 13.6. The highest BCUT2D eigenvalue weighted by atomic mass is 16.6. The summed E-state index contributed by atoms with van der Waals surface area (Å²) < 4.78 is 11.4. The van der Waals surface area contributed by atoms with Crippen molar-refractivity contribution in [2.24, 2.45) is 5.73 Å². The lowest BCUT2D eigenvalue weighted by atomic mass is 9.98. The van der Waals surface area contributed by atoms with Crippen LogP contribution in [-0.2, 0) is 22.3 Å². The first-order valence-electron chi connectivity index (χ1n) is 16.8. The Morgan fingerprint density at radius 2 is 1.24 bits per heavy atom. The van der Waals surface area contributed by atoms with Crippen molar-refractivity contribution in [3.8, 4) is 11.1 Å². The molecule has 49 heavy (non-hydrogen) atoms. The molecule has 0 saturated heterocycles. The Labute approximate surface area is 288 Å². The molecule has 2 amide bonds. The van der Waals surface area contributed by atoms with Crippen LogP contribution in [0.1, 0.15) is 48.9 Å². The Hall–Kier alpha value is -4.70. The minimum Gasteiger partial charge on any atom is -0.448 e. The van der Waals surface area contributed by atoms with Crippen LogP contribution in [0.25, 0.3) is 11.1 Å². The number of hydrogen-bond acceptors (Lipinski definition) is 7. The summed E-state index contributed by atoms with van der Waals surface area (Å²) in [6, 6.07) is 33.6. The van der Waals surface area contributed by atoms with Crippen molar-refractivity contribution < 1.29 is 29.3 Å². The van der Waals surface area contributed by atoms with Crippen LogP contribution >= 0.6 is 0 Å². The first kappa shape index (κ1) is 35.6. The molecule has 5 rings (SSSR count). The predicted molar refractivity (Wildman–Crippen MR) is 190 cm³/mol. The SMILES string of the molecule is CC(C)(C)OC(=O)N[C@@H](Cc1ccccc1)[C@@H](O)CN(CC(O)[C@H](N)Cc1ccccc1)C(=O)OCC1c2ccccc2-c2ccccc21. The Morgan fingerprint density at radius 1 is 0.755 bits per heavy atom. The van der Waals surface area contributed by atoms with E-state index in [1.165, 1.54) is 4.90 Å². The van der Waals surface area contributed by atoms with Crippen LogP contribution in [-0.4, -0.2) is 76.9 Å². The standard InChI is InChI=1S/C40H47N3O6/c1-40(2,3)49-38(46)42-35(23-28-16-8-5-9-17-28)37(45)25-43(24-36(44)34(41)22-27-14-6-4-7-15-27)39(47)48-26-33-31-20-12-10-18-29(31)30-19-11-13-21-32(30)33/h4-21,33-37,44-45H,22-26,41H2,1-3H3,(H,42,46)/t34-,35+,36?,37+/m1/s1. The zero-order valence-electron chi connectivity index (χ0n) is 28.4. The maximum absolute atomic E-state index is 13.9. The molecule has 4 aromatic carbocycles. The van der Waals surface area contributed by atoms with Crippen LogP contribution in [0.4, 0.5) is 9.59 Å². The average molecular weight is 666 g/mol. The normalized spacial score (nSPS) is 14.9. The van der Waals surface area contributed by atoms with Gasteiger partial charge >= 0.3 is 12.2 Å². The molecule has 4 aromatic rings. The number of nitrogens with one attached hydrogen (secondary N) is 1. The lowest BCUT2D eigenvalue weighted by molar-refractivity contribution is 0.0228. The van der Waals surface area contributed by atoms with Gasteiger partial charge in [0.05, 0.1) is 31.3 Å². The van der Waals surface area contributed by atoms with Gasteiger partial charge in [0.2, 0.25) is 0 Å². The summed E-state index contributed by atoms with van der Waals surface area (Å²) in [4.78, 5) is 28.0. The van der Waals surface area contributed by atoms with E-state index in [2.05, 4.69) is 17.4 Å². The minimum absolute atomic E-state index is 0.0647. The molecule has 0 bridgehead atoms. The summed E-state index contributed by atoms with van der Waals surface area (Å²) in [6.07, 6.45) is -3.10. The van der Waals surface area contributed by atoms with Gasteiger partial charge in [-0.2, -0.15) is 0 Å². The highest BCUT2D eigenvalue weighted by Crippen LogP contribution is 2.44. The molecule has 9 nitrogen and oxygen atoms in total. The predicted octanol–water partition coefficient (Wildman–Crippen LogP) is 5.67. The summed E-state index contributed by atoms with van der Waals surface area (Å²) in [5, 5.41) is 25.7. The van der Waals surface area contributed by atoms with Crippen molar-refractivity contribution in [3.05, 3.63) is 131 Å². The van der Waals surface area contributed by atoms with Gasteiger partial charge in [-0.05, 0) is 67.0 Å². The largest absolute Gasteiger partial charge is 0.448 e. The number of aliphatic hydroxyl groups excluding tert-OH is 2. The van der Waals surface area contributed by atoms with E-state index in [0.717, 1.165) is 33.4 Å². The summed E-state index contributed by atoms with van der Waals surface area (Å²) in [5.41, 5.74) is 11.8. The molecule has 9 heteroatoms. The number of carbonyl (C=O) groups excluding carboxylic acids is 2. The van der Waals surface area contributed by atoms with Crippen molar-refractivity contribution in [3.63, 3.8) is 0 Å². The highest BCUT2D eigenvalue weighted by molar-refractivity contribution is 5.79. The van der Waals surface area contributed by atoms with Crippen LogP contribution in [0.3, 0.4) is 0 Å². The average Bonchev–Trinajstić information content (AvgIpc) is 3.40. The number of hydrogen-bond donors (Lipinski definition) is 4. The van der Waals surface area contributed by atoms with Gasteiger partial charge in [-0.3, -0.25) is 0 Å². The number of amides is 2. The summed E-state index contributed by atoms with van der Waals surface area (Å²) >= 11 is 0. The summed E-state index contributed by atoms with van der Waals surface area (Å²) in [5.74, 6) is -0.173. The zero-order valence-corrected chi connectivity index (χ0v) is 28.4. The third kappa shape index (κ3) is 9.69. The number of ether oxygens (including phenoxy) is 2. The molecule has 0 saturated carbocycles. The zero-order chi connectivity index (χ0) is 35.0. The number of benzene rings is 4. The van der Waals surface area contributed by atoms with E-state index in [0.29, 0.717) is 6.42 Å². The number of alkyl carbamates (subject to hydrolysis) is 1. The molecule has 1 unspecified atom stereocenters. The fourth-order valence-electron chi connectivity index (χ4n) is 6.26. The van der Waals surface area contributed by atoms with Crippen LogP contribution in [0, 0.1) is 0 Å². The third-order valence-electron chi connectivity index (χ3n) is 8.68. The van der Waals surface area contributed by atoms with Crippen LogP contribution in [0.2, 0.25) is 0 Å². The van der Waals surface area contributed by atoms with Gasteiger partial charge in [-0.15, -0.1) is 0 Å². The molecule has 4 atom stereocenters. The maximum atomic E-state index is 13.9. The van der Waals surface area contributed by atoms with Crippen LogP contribution in [0.15, 0.2) is 109 Å². The molecule has 0 spiro atoms. The maximum Gasteiger partial charge on any atom is 0.409 e. The van der Waals surface area contributed by atoms with Gasteiger partial charge in [0, 0.05) is 12.0 Å². The van der Waals surface area contributed by atoms with Crippen LogP contribution < -0.4 is 11.1 Å². The van der Waals surface area contributed by atoms with Crippen LogP contribution in [0.5, 0.6) is 0 Å². The number of nitrogens with zero attached hydrogens (tertiary/aromatic N) is 1. The lowest BCUT2D eigenvalue weighted by Gasteiger charge is -2.32. The number of fused-ring (bicyclic) bond motifs is 3. The Bertz CT molecular complexity index is 1630. The molecule has 0 fully saturated rings. The number of nitrogens with two attached hydrogens (primary N) is 1. The topological polar surface area (TPSA) is 134 Å². The van der Waals surface area contributed by atoms with Gasteiger partial charge in [-0.25, -0.2) is 9.59 Å². The van der Waals surface area contributed by atoms with E-state index in [4.69, 9.17) is 15.2 Å². The molecule has 0 aromatic heterocycles. The van der Waals surface area contributed by atoms with E-state index in [1.807, 2.05) is 97.1 Å². The third-order valence-corrected chi connectivity index (χ3v) is 8.68. The fourth-order valence-corrected chi connectivity index (χ4v) is 6.26. The molecule has 0 heterocycles. The lowest BCUT2D eigenvalue weighted by Crippen LogP contribution is -2.54. The van der Waals surface area contributed by atoms with Gasteiger partial charge in [0.25, 0.3) is 0 Å².